The number of nitrogens with zero attached hydrogens (tertiary/aromatic N) is 2. The maximum Gasteiger partial charge on any atom is 0.322 e. The van der Waals surface area contributed by atoms with Crippen LogP contribution in [0.5, 0.6) is 0 Å². The first kappa shape index (κ1) is 23.8. The second-order valence-corrected chi connectivity index (χ2v) is 9.88. The lowest BCUT2D eigenvalue weighted by atomic mass is 9.91. The summed E-state index contributed by atoms with van der Waals surface area (Å²) in [5, 5.41) is 5.99. The van der Waals surface area contributed by atoms with Gasteiger partial charge in [-0.3, -0.25) is 14.5 Å². The lowest BCUT2D eigenvalue weighted by Gasteiger charge is -2.31. The average molecular weight is 441 g/mol. The molecule has 2 heterocycles. The molecule has 0 fully saturated rings. The zero-order chi connectivity index (χ0) is 23.7. The summed E-state index contributed by atoms with van der Waals surface area (Å²) >= 11 is 0. The Labute approximate surface area is 191 Å². The van der Waals surface area contributed by atoms with Crippen molar-refractivity contribution in [2.45, 2.75) is 60.0 Å². The number of carbonyl (C=O) groups is 3. The Morgan fingerprint density at radius 3 is 2.44 bits per heavy atom. The van der Waals surface area contributed by atoms with E-state index in [0.29, 0.717) is 30.2 Å². The largest absolute Gasteiger partial charge is 0.354 e. The number of rotatable bonds is 7. The van der Waals surface area contributed by atoms with Gasteiger partial charge in [-0.15, -0.1) is 0 Å². The van der Waals surface area contributed by atoms with Crippen molar-refractivity contribution in [3.8, 4) is 0 Å². The first-order chi connectivity index (χ1) is 15.0. The van der Waals surface area contributed by atoms with Gasteiger partial charge in [0.05, 0.1) is 23.9 Å². The second-order valence-electron chi connectivity index (χ2n) is 9.88. The van der Waals surface area contributed by atoms with E-state index in [1.54, 1.807) is 11.9 Å². The highest BCUT2D eigenvalue weighted by Crippen LogP contribution is 2.38. The fourth-order valence-electron chi connectivity index (χ4n) is 4.47. The minimum atomic E-state index is -0.574. The number of carbonyl (C=O) groups excluding carboxylic acids is 3. The van der Waals surface area contributed by atoms with Crippen LogP contribution in [0.1, 0.15) is 56.8 Å². The lowest BCUT2D eigenvalue weighted by molar-refractivity contribution is -0.137. The smallest absolute Gasteiger partial charge is 0.322 e. The summed E-state index contributed by atoms with van der Waals surface area (Å²) in [5.41, 5.74) is 4.28. The van der Waals surface area contributed by atoms with Crippen molar-refractivity contribution in [3.63, 3.8) is 0 Å². The van der Waals surface area contributed by atoms with Gasteiger partial charge in [-0.05, 0) is 43.2 Å². The van der Waals surface area contributed by atoms with Gasteiger partial charge in [-0.25, -0.2) is 4.79 Å². The first-order valence-electron chi connectivity index (χ1n) is 11.4. The van der Waals surface area contributed by atoms with Crippen LogP contribution < -0.4 is 10.6 Å². The Bertz CT molecular complexity index is 951. The van der Waals surface area contributed by atoms with E-state index in [2.05, 4.69) is 16.7 Å². The quantitative estimate of drug-likeness (QED) is 0.683. The van der Waals surface area contributed by atoms with Crippen LogP contribution in [-0.4, -0.2) is 53.8 Å². The third kappa shape index (κ3) is 4.66. The summed E-state index contributed by atoms with van der Waals surface area (Å²) in [6.45, 7) is 13.0. The van der Waals surface area contributed by atoms with E-state index in [9.17, 15) is 14.4 Å². The Morgan fingerprint density at radius 2 is 1.84 bits per heavy atom. The van der Waals surface area contributed by atoms with E-state index in [0.717, 1.165) is 16.7 Å². The Hall–Kier alpha value is -2.83. The number of hydrogen-bond donors (Lipinski definition) is 2. The van der Waals surface area contributed by atoms with Gasteiger partial charge in [0.15, 0.2) is 0 Å². The number of benzene rings is 1. The van der Waals surface area contributed by atoms with E-state index in [-0.39, 0.29) is 30.3 Å². The molecule has 174 valence electrons. The lowest BCUT2D eigenvalue weighted by Crippen LogP contribution is -2.50. The van der Waals surface area contributed by atoms with Gasteiger partial charge in [0.25, 0.3) is 5.91 Å². The highest BCUT2D eigenvalue weighted by atomic mass is 16.2. The van der Waals surface area contributed by atoms with Gasteiger partial charge in [0.2, 0.25) is 5.91 Å². The Morgan fingerprint density at radius 1 is 1.16 bits per heavy atom. The summed E-state index contributed by atoms with van der Waals surface area (Å²) in [4.78, 5) is 42.7. The van der Waals surface area contributed by atoms with Crippen LogP contribution in [-0.2, 0) is 9.59 Å². The second kappa shape index (κ2) is 9.35. The average Bonchev–Trinajstić information content (AvgIpc) is 3.04. The molecule has 0 bridgehead atoms. The van der Waals surface area contributed by atoms with Crippen molar-refractivity contribution in [1.82, 2.24) is 20.4 Å². The molecule has 7 heteroatoms. The number of nitrogens with one attached hydrogen (secondary N) is 2. The van der Waals surface area contributed by atoms with Gasteiger partial charge in [-0.2, -0.15) is 0 Å². The zero-order valence-corrected chi connectivity index (χ0v) is 20.3. The van der Waals surface area contributed by atoms with Crippen molar-refractivity contribution in [3.05, 3.63) is 46.2 Å². The summed E-state index contributed by atoms with van der Waals surface area (Å²) in [7, 11) is 1.68. The van der Waals surface area contributed by atoms with Crippen LogP contribution in [0.2, 0.25) is 0 Å². The molecule has 32 heavy (non-hydrogen) atoms. The van der Waals surface area contributed by atoms with Gasteiger partial charge in [0, 0.05) is 13.6 Å². The fraction of sp³-hybridized carbons (Fsp3) is 0.560. The van der Waals surface area contributed by atoms with Crippen LogP contribution in [0, 0.1) is 25.7 Å². The molecule has 1 aromatic carbocycles. The summed E-state index contributed by atoms with van der Waals surface area (Å²) in [6, 6.07) is 4.68. The first-order valence-corrected chi connectivity index (χ1v) is 11.4. The van der Waals surface area contributed by atoms with Crippen molar-refractivity contribution in [2.75, 3.05) is 20.1 Å². The maximum absolute atomic E-state index is 13.7. The fourth-order valence-corrected chi connectivity index (χ4v) is 4.47. The van der Waals surface area contributed by atoms with E-state index < -0.39 is 12.1 Å². The summed E-state index contributed by atoms with van der Waals surface area (Å²) in [5.74, 6) is 0.247. The van der Waals surface area contributed by atoms with Crippen LogP contribution in [0.15, 0.2) is 29.5 Å². The third-order valence-electron chi connectivity index (χ3n) is 6.18. The van der Waals surface area contributed by atoms with Crippen LogP contribution >= 0.6 is 0 Å². The normalized spacial score (nSPS) is 19.6. The highest BCUT2D eigenvalue weighted by Gasteiger charge is 2.46. The molecule has 2 aliphatic rings. The molecule has 2 N–H and O–H groups in total. The molecule has 7 nitrogen and oxygen atoms in total. The molecule has 0 radical (unpaired) electrons. The van der Waals surface area contributed by atoms with Gasteiger partial charge in [-0.1, -0.05) is 51.5 Å². The third-order valence-corrected chi connectivity index (χ3v) is 6.18. The molecule has 0 saturated heterocycles. The standard InChI is InChI=1S/C25H36N4O3/c1-14(2)10-19(23(30)26-12-15(3)4)29-13-20-21(24(29)31)22(27-25(32)28(20)7)18-9-8-16(5)11-17(18)6/h8-9,11,14-15,19,22H,10,12-13H2,1-7H3,(H,26,30)(H,27,32)/t19-,22+/m0/s1. The van der Waals surface area contributed by atoms with E-state index >= 15 is 0 Å². The van der Waals surface area contributed by atoms with Crippen molar-refractivity contribution < 1.29 is 14.4 Å². The van der Waals surface area contributed by atoms with E-state index in [1.165, 1.54) is 4.90 Å². The molecule has 2 atom stereocenters. The molecule has 0 aromatic heterocycles. The monoisotopic (exact) mass is 440 g/mol. The molecule has 0 saturated carbocycles. The zero-order valence-electron chi connectivity index (χ0n) is 20.3. The predicted molar refractivity (Wildman–Crippen MR) is 125 cm³/mol. The molecule has 3 rings (SSSR count). The number of urea groups is 1. The van der Waals surface area contributed by atoms with Crippen molar-refractivity contribution >= 4 is 17.8 Å². The van der Waals surface area contributed by atoms with E-state index in [4.69, 9.17) is 0 Å². The molecule has 2 aliphatic heterocycles. The highest BCUT2D eigenvalue weighted by molar-refractivity contribution is 6.03. The molecule has 0 aliphatic carbocycles. The Balaban J connectivity index is 1.97. The molecular formula is C25H36N4O3. The molecule has 0 unspecified atom stereocenters. The predicted octanol–water partition coefficient (Wildman–Crippen LogP) is 3.28. The van der Waals surface area contributed by atoms with Gasteiger partial charge < -0.3 is 15.5 Å². The van der Waals surface area contributed by atoms with Crippen molar-refractivity contribution in [1.29, 1.82) is 0 Å². The van der Waals surface area contributed by atoms with Crippen molar-refractivity contribution in [2.24, 2.45) is 11.8 Å². The molecule has 1 aromatic rings. The van der Waals surface area contributed by atoms with Gasteiger partial charge >= 0.3 is 6.03 Å². The van der Waals surface area contributed by atoms with Crippen LogP contribution in [0.25, 0.3) is 0 Å². The number of likely N-dealkylation sites (N-methyl/N-ethyl adjacent to an activating group) is 1. The molecule has 4 amide bonds. The summed E-state index contributed by atoms with van der Waals surface area (Å²) in [6.07, 6.45) is 0.565. The van der Waals surface area contributed by atoms with Crippen LogP contribution in [0.4, 0.5) is 4.79 Å². The molecule has 0 spiro atoms. The minimum absolute atomic E-state index is 0.134. The minimum Gasteiger partial charge on any atom is -0.354 e. The van der Waals surface area contributed by atoms with E-state index in [1.807, 2.05) is 53.7 Å². The number of hydrogen-bond acceptors (Lipinski definition) is 3. The summed E-state index contributed by atoms with van der Waals surface area (Å²) < 4.78 is 0. The maximum atomic E-state index is 13.7. The Kier molecular flexibility index (Phi) is 6.96. The topological polar surface area (TPSA) is 81.8 Å². The van der Waals surface area contributed by atoms with Crippen LogP contribution in [0.3, 0.4) is 0 Å². The number of amides is 4. The van der Waals surface area contributed by atoms with Gasteiger partial charge in [0.1, 0.15) is 6.04 Å². The SMILES string of the molecule is Cc1ccc([C@H]2NC(=O)N(C)C3=C2C(=O)N([C@@H](CC(C)C)C(=O)NCC(C)C)C3)c(C)c1. The number of aryl methyl sites for hydroxylation is 2. The molecular weight excluding hydrogens is 404 g/mol.